The zero-order valence-electron chi connectivity index (χ0n) is 2.21. The molecule has 0 heterocycles. The van der Waals surface area contributed by atoms with E-state index in [2.05, 4.69) is 0 Å². The third kappa shape index (κ3) is 18.4. The van der Waals surface area contributed by atoms with Gasteiger partial charge in [-0.1, -0.05) is 0 Å². The van der Waals surface area contributed by atoms with Gasteiger partial charge in [0.05, 0.1) is 0 Å². The van der Waals surface area contributed by atoms with Crippen LogP contribution < -0.4 is 0 Å². The summed E-state index contributed by atoms with van der Waals surface area (Å²) in [6.45, 7) is 0. The van der Waals surface area contributed by atoms with Gasteiger partial charge in [0, 0.05) is 109 Å². The summed E-state index contributed by atoms with van der Waals surface area (Å²) >= 11 is 0. The fourth-order valence-electron chi connectivity index (χ4n) is 0. The van der Waals surface area contributed by atoms with Crippen LogP contribution in [0.25, 0.3) is 0 Å². The number of rotatable bonds is 0. The molecule has 5 heteroatoms. The molecule has 0 fully saturated rings. The predicted octanol–water partition coefficient (Wildman–Crippen LogP) is -0.0125. The van der Waals surface area contributed by atoms with E-state index in [4.69, 9.17) is 0 Å². The molecule has 0 aliphatic rings. The van der Waals surface area contributed by atoms with Gasteiger partial charge in [-0.15, -0.1) is 0 Å². The summed E-state index contributed by atoms with van der Waals surface area (Å²) in [5, 5.41) is 0. The van der Waals surface area contributed by atoms with Crippen molar-refractivity contribution in [2.45, 2.75) is 0 Å². The maximum atomic E-state index is 0. The topological polar surface area (TPSA) is 0 Å². The molecule has 2 radical (unpaired) electrons. The van der Waals surface area contributed by atoms with E-state index in [9.17, 15) is 0 Å². The first-order valence-corrected chi connectivity index (χ1v) is 0. The van der Waals surface area contributed by atoms with Crippen molar-refractivity contribution < 1.29 is 109 Å². The van der Waals surface area contributed by atoms with Gasteiger partial charge in [0.25, 0.3) is 0 Å². The minimum Gasteiger partial charge on any atom is 0 e. The van der Waals surface area contributed by atoms with E-state index in [1.165, 1.54) is 0 Å². The first kappa shape index (κ1) is 38.3. The molecule has 0 aromatic heterocycles. The summed E-state index contributed by atoms with van der Waals surface area (Å²) < 4.78 is 0. The van der Waals surface area contributed by atoms with Crippen molar-refractivity contribution >= 4 is 0 Å². The van der Waals surface area contributed by atoms with Gasteiger partial charge in [-0.05, 0) is 0 Å². The quantitative estimate of drug-likeness (QED) is 0.324. The molecule has 0 bridgehead atoms. The van der Waals surface area contributed by atoms with Crippen LogP contribution in [0.3, 0.4) is 0 Å². The van der Waals surface area contributed by atoms with E-state index in [0.29, 0.717) is 0 Å². The third-order valence-electron chi connectivity index (χ3n) is 0. The second-order valence-electron chi connectivity index (χ2n) is 0. The van der Waals surface area contributed by atoms with Crippen LogP contribution >= 0.6 is 0 Å². The number of hydrogen-bond donors (Lipinski definition) is 0. The molecule has 0 aliphatic heterocycles. The smallest absolute Gasteiger partial charge is 0 e. The van der Waals surface area contributed by atoms with Crippen molar-refractivity contribution in [1.82, 2.24) is 0 Å². The second-order valence-corrected chi connectivity index (χ2v) is 0. The Kier molecular flexibility index (Phi) is 196. The average molecular weight is 653 g/mol. The molecule has 0 aromatic carbocycles. The Labute approximate surface area is 107 Å². The van der Waals surface area contributed by atoms with Crippen molar-refractivity contribution in [3.05, 3.63) is 0 Å². The molecule has 0 nitrogen and oxygen atoms in total. The summed E-state index contributed by atoms with van der Waals surface area (Å²) in [7, 11) is 0. The van der Waals surface area contributed by atoms with E-state index >= 15 is 0 Å². The second kappa shape index (κ2) is 25.6. The molecular formula is PtTa2Ti2. The van der Waals surface area contributed by atoms with Gasteiger partial charge in [0.2, 0.25) is 0 Å². The first-order chi connectivity index (χ1) is 0. The molecule has 0 unspecified atom stereocenters. The zero-order chi connectivity index (χ0) is 0. The summed E-state index contributed by atoms with van der Waals surface area (Å²) in [6.07, 6.45) is 0. The molecule has 0 aliphatic carbocycles. The molecule has 0 amide bonds. The monoisotopic (exact) mass is 653 g/mol. The molecule has 0 saturated carbocycles. The first-order valence-electron chi connectivity index (χ1n) is 0. The van der Waals surface area contributed by atoms with Crippen LogP contribution in [-0.2, 0) is 109 Å². The van der Waals surface area contributed by atoms with Crippen molar-refractivity contribution in [1.29, 1.82) is 0 Å². The van der Waals surface area contributed by atoms with Crippen molar-refractivity contribution in [3.8, 4) is 0 Å². The fraction of sp³-hybridized carbons (Fsp3) is 0. The van der Waals surface area contributed by atoms with Gasteiger partial charge in [-0.25, -0.2) is 0 Å². The Bertz CT molecular complexity index is 7.61. The molecule has 5 heavy (non-hydrogen) atoms. The van der Waals surface area contributed by atoms with E-state index in [1.807, 2.05) is 0 Å². The minimum atomic E-state index is 0. The Hall–Kier alpha value is 3.60. The minimum absolute atomic E-state index is 0. The molecule has 0 atom stereocenters. The van der Waals surface area contributed by atoms with E-state index in [1.54, 1.807) is 0 Å². The van der Waals surface area contributed by atoms with Crippen molar-refractivity contribution in [2.24, 2.45) is 0 Å². The van der Waals surface area contributed by atoms with Crippen molar-refractivity contribution in [2.75, 3.05) is 0 Å². The largest absolute Gasteiger partial charge is 0 e. The maximum Gasteiger partial charge on any atom is 0 e. The van der Waals surface area contributed by atoms with Gasteiger partial charge in [-0.2, -0.15) is 0 Å². The van der Waals surface area contributed by atoms with Crippen LogP contribution in [0.15, 0.2) is 0 Å². The Balaban J connectivity index is 0. The molecule has 0 aromatic rings. The average Bonchev–Trinajstić information content (AvgIpc) is 0. The van der Waals surface area contributed by atoms with Crippen LogP contribution in [0.2, 0.25) is 0 Å². The molecule has 0 spiro atoms. The van der Waals surface area contributed by atoms with Crippen molar-refractivity contribution in [3.63, 3.8) is 0 Å². The molecule has 0 rings (SSSR count). The summed E-state index contributed by atoms with van der Waals surface area (Å²) in [5.74, 6) is 0. The van der Waals surface area contributed by atoms with Crippen LogP contribution in [0.5, 0.6) is 0 Å². The Morgan fingerprint density at radius 2 is 0.600 bits per heavy atom. The van der Waals surface area contributed by atoms with E-state index in [-0.39, 0.29) is 109 Å². The van der Waals surface area contributed by atoms with Crippen LogP contribution in [0.1, 0.15) is 0 Å². The normalized spacial score (nSPS) is 0. The number of hydrogen-bond acceptors (Lipinski definition) is 0. The summed E-state index contributed by atoms with van der Waals surface area (Å²) in [6, 6.07) is 0. The zero-order valence-corrected chi connectivity index (χ0v) is 14.0. The standard InChI is InChI=1S/Pt.2Ta.2Ti. The molecule has 0 saturated heterocycles. The Morgan fingerprint density at radius 1 is 0.600 bits per heavy atom. The predicted molar refractivity (Wildman–Crippen MR) is 0 cm³/mol. The van der Waals surface area contributed by atoms with Gasteiger partial charge >= 0.3 is 0 Å². The molecule has 28 valence electrons. The van der Waals surface area contributed by atoms with Crippen LogP contribution in [0, 0.1) is 0 Å². The Morgan fingerprint density at radius 3 is 0.600 bits per heavy atom. The SMILES string of the molecule is [Pt].[Ta].[Ta].[Ti].[Ti]. The van der Waals surface area contributed by atoms with E-state index in [0.717, 1.165) is 0 Å². The maximum absolute atomic E-state index is 0. The third-order valence-corrected chi connectivity index (χ3v) is 0. The summed E-state index contributed by atoms with van der Waals surface area (Å²) in [4.78, 5) is 0. The van der Waals surface area contributed by atoms with Gasteiger partial charge in [-0.3, -0.25) is 0 Å². The molecule has 0 N–H and O–H groups in total. The van der Waals surface area contributed by atoms with Gasteiger partial charge < -0.3 is 0 Å². The van der Waals surface area contributed by atoms with Gasteiger partial charge in [0.1, 0.15) is 0 Å². The summed E-state index contributed by atoms with van der Waals surface area (Å²) in [5.41, 5.74) is 0. The fourth-order valence-corrected chi connectivity index (χ4v) is 0. The van der Waals surface area contributed by atoms with Crippen LogP contribution in [0.4, 0.5) is 0 Å². The van der Waals surface area contributed by atoms with Crippen LogP contribution in [-0.4, -0.2) is 0 Å². The van der Waals surface area contributed by atoms with E-state index < -0.39 is 0 Å². The van der Waals surface area contributed by atoms with Gasteiger partial charge in [0.15, 0.2) is 0 Å². The molecular weight excluding hydrogens is 653 g/mol.